The Balaban J connectivity index is 1.66. The summed E-state index contributed by atoms with van der Waals surface area (Å²) in [7, 11) is 0. The van der Waals surface area contributed by atoms with E-state index in [1.807, 2.05) is 13.8 Å². The second-order valence-corrected chi connectivity index (χ2v) is 7.13. The van der Waals surface area contributed by atoms with E-state index in [2.05, 4.69) is 10.3 Å². The van der Waals surface area contributed by atoms with Crippen LogP contribution in [0.5, 0.6) is 0 Å². The van der Waals surface area contributed by atoms with Gasteiger partial charge in [-0.05, 0) is 38.8 Å². The monoisotopic (exact) mass is 423 g/mol. The molecule has 3 rings (SSSR count). The van der Waals surface area contributed by atoms with Crippen molar-refractivity contribution in [3.63, 3.8) is 0 Å². The quantitative estimate of drug-likeness (QED) is 0.740. The lowest BCUT2D eigenvalue weighted by molar-refractivity contribution is -0.138. The van der Waals surface area contributed by atoms with Crippen molar-refractivity contribution in [3.8, 4) is 0 Å². The number of aromatic nitrogens is 3. The molecule has 1 aromatic carbocycles. The third-order valence-electron chi connectivity index (χ3n) is 5.37. The Morgan fingerprint density at radius 1 is 1.13 bits per heavy atom. The van der Waals surface area contributed by atoms with Gasteiger partial charge in [0, 0.05) is 26.2 Å². The Labute approximate surface area is 172 Å². The molecule has 0 saturated carbocycles. The Hall–Kier alpha value is -2.91. The van der Waals surface area contributed by atoms with Crippen LogP contribution in [0.1, 0.15) is 59.1 Å². The van der Waals surface area contributed by atoms with Crippen molar-refractivity contribution in [1.29, 1.82) is 0 Å². The van der Waals surface area contributed by atoms with E-state index in [-0.39, 0.29) is 23.2 Å². The summed E-state index contributed by atoms with van der Waals surface area (Å²) >= 11 is 0. The number of nitrogens with zero attached hydrogens (tertiary/aromatic N) is 5. The van der Waals surface area contributed by atoms with E-state index in [1.165, 1.54) is 23.1 Å². The summed E-state index contributed by atoms with van der Waals surface area (Å²) in [6, 6.07) is 4.76. The molecule has 0 atom stereocenters. The van der Waals surface area contributed by atoms with Gasteiger partial charge >= 0.3 is 6.18 Å². The molecule has 2 aromatic rings. The Morgan fingerprint density at radius 2 is 1.77 bits per heavy atom. The highest BCUT2D eigenvalue weighted by atomic mass is 19.4. The predicted molar refractivity (Wildman–Crippen MR) is 103 cm³/mol. The van der Waals surface area contributed by atoms with Crippen molar-refractivity contribution >= 4 is 11.8 Å². The fourth-order valence-electron chi connectivity index (χ4n) is 3.65. The number of halogens is 3. The van der Waals surface area contributed by atoms with Gasteiger partial charge in [0.25, 0.3) is 11.8 Å². The number of likely N-dealkylation sites (tertiary alicyclic amines) is 1. The molecule has 1 aromatic heterocycles. The van der Waals surface area contributed by atoms with Crippen LogP contribution in [0.3, 0.4) is 0 Å². The second-order valence-electron chi connectivity index (χ2n) is 7.13. The van der Waals surface area contributed by atoms with E-state index < -0.39 is 17.6 Å². The molecule has 0 spiro atoms. The predicted octanol–water partition coefficient (Wildman–Crippen LogP) is 3.26. The SMILES string of the molecule is CCN(CC)C(=O)c1cn(C2CCN(C(=O)c3ccccc3C(F)(F)F)CC2)nn1. The molecule has 30 heavy (non-hydrogen) atoms. The third kappa shape index (κ3) is 4.47. The van der Waals surface area contributed by atoms with Crippen LogP contribution in [-0.2, 0) is 6.18 Å². The molecule has 7 nitrogen and oxygen atoms in total. The minimum absolute atomic E-state index is 0.0716. The molecule has 162 valence electrons. The van der Waals surface area contributed by atoms with Gasteiger partial charge in [-0.1, -0.05) is 17.3 Å². The van der Waals surface area contributed by atoms with Crippen molar-refractivity contribution in [3.05, 3.63) is 47.3 Å². The molecule has 0 unspecified atom stereocenters. The molecule has 0 bridgehead atoms. The maximum absolute atomic E-state index is 13.2. The van der Waals surface area contributed by atoms with Gasteiger partial charge in [0.2, 0.25) is 0 Å². The van der Waals surface area contributed by atoms with Crippen LogP contribution in [0.2, 0.25) is 0 Å². The van der Waals surface area contributed by atoms with Gasteiger partial charge in [-0.25, -0.2) is 4.68 Å². The first-order chi connectivity index (χ1) is 14.3. The van der Waals surface area contributed by atoms with Crippen LogP contribution >= 0.6 is 0 Å². The molecular formula is C20H24F3N5O2. The summed E-state index contributed by atoms with van der Waals surface area (Å²) < 4.78 is 41.3. The van der Waals surface area contributed by atoms with Crippen molar-refractivity contribution in [1.82, 2.24) is 24.8 Å². The molecule has 1 aliphatic heterocycles. The van der Waals surface area contributed by atoms with Crippen LogP contribution < -0.4 is 0 Å². The zero-order valence-electron chi connectivity index (χ0n) is 16.9. The number of hydrogen-bond acceptors (Lipinski definition) is 4. The molecule has 1 fully saturated rings. The first-order valence-corrected chi connectivity index (χ1v) is 9.92. The summed E-state index contributed by atoms with van der Waals surface area (Å²) in [6.45, 7) is 5.51. The number of carbonyl (C=O) groups is 2. The van der Waals surface area contributed by atoms with E-state index in [0.717, 1.165) is 6.07 Å². The highest BCUT2D eigenvalue weighted by Crippen LogP contribution is 2.33. The van der Waals surface area contributed by atoms with E-state index in [4.69, 9.17) is 0 Å². The molecule has 10 heteroatoms. The van der Waals surface area contributed by atoms with Gasteiger partial charge in [-0.2, -0.15) is 13.2 Å². The van der Waals surface area contributed by atoms with Gasteiger partial charge in [0.1, 0.15) is 0 Å². The maximum atomic E-state index is 13.2. The van der Waals surface area contributed by atoms with Gasteiger partial charge in [0.05, 0.1) is 23.4 Å². The van der Waals surface area contributed by atoms with Crippen molar-refractivity contribution in [2.45, 2.75) is 38.9 Å². The molecule has 1 saturated heterocycles. The average molecular weight is 423 g/mol. The minimum atomic E-state index is -4.58. The topological polar surface area (TPSA) is 71.3 Å². The first kappa shape index (κ1) is 21.8. The third-order valence-corrected chi connectivity index (χ3v) is 5.37. The van der Waals surface area contributed by atoms with Crippen molar-refractivity contribution in [2.75, 3.05) is 26.2 Å². The molecule has 2 heterocycles. The zero-order valence-corrected chi connectivity index (χ0v) is 16.9. The molecule has 0 aliphatic carbocycles. The summed E-state index contributed by atoms with van der Waals surface area (Å²) in [5, 5.41) is 8.02. The molecule has 2 amide bonds. The van der Waals surface area contributed by atoms with Gasteiger partial charge < -0.3 is 9.80 Å². The van der Waals surface area contributed by atoms with E-state index in [0.29, 0.717) is 39.0 Å². The second kappa shape index (κ2) is 8.85. The first-order valence-electron chi connectivity index (χ1n) is 9.92. The normalized spacial score (nSPS) is 15.3. The van der Waals surface area contributed by atoms with Crippen LogP contribution in [0, 0.1) is 0 Å². The number of carbonyl (C=O) groups excluding carboxylic acids is 2. The molecule has 0 N–H and O–H groups in total. The van der Waals surface area contributed by atoms with Gasteiger partial charge in [-0.15, -0.1) is 5.10 Å². The molecular weight excluding hydrogens is 399 g/mol. The standard InChI is InChI=1S/C20H24F3N5O2/c1-3-26(4-2)19(30)17-13-28(25-24-17)14-9-11-27(12-10-14)18(29)15-7-5-6-8-16(15)20(21,22)23/h5-8,13-14H,3-4,9-12H2,1-2H3. The van der Waals surface area contributed by atoms with E-state index in [9.17, 15) is 22.8 Å². The number of amides is 2. The lowest BCUT2D eigenvalue weighted by Gasteiger charge is -2.32. The number of rotatable bonds is 5. The minimum Gasteiger partial charge on any atom is -0.338 e. The van der Waals surface area contributed by atoms with Crippen LogP contribution in [0.15, 0.2) is 30.5 Å². The van der Waals surface area contributed by atoms with Crippen molar-refractivity contribution < 1.29 is 22.8 Å². The smallest absolute Gasteiger partial charge is 0.338 e. The zero-order chi connectivity index (χ0) is 21.9. The van der Waals surface area contributed by atoms with Crippen LogP contribution in [0.25, 0.3) is 0 Å². The lowest BCUT2D eigenvalue weighted by Crippen LogP contribution is -2.40. The number of hydrogen-bond donors (Lipinski definition) is 0. The Morgan fingerprint density at radius 3 is 2.37 bits per heavy atom. The molecule has 0 radical (unpaired) electrons. The molecule has 1 aliphatic rings. The van der Waals surface area contributed by atoms with Gasteiger partial charge in [0.15, 0.2) is 5.69 Å². The van der Waals surface area contributed by atoms with Gasteiger partial charge in [-0.3, -0.25) is 9.59 Å². The Bertz CT molecular complexity index is 900. The number of piperidine rings is 1. The van der Waals surface area contributed by atoms with E-state index in [1.54, 1.807) is 15.8 Å². The summed E-state index contributed by atoms with van der Waals surface area (Å²) in [5.41, 5.74) is -0.999. The largest absolute Gasteiger partial charge is 0.417 e. The Kier molecular flexibility index (Phi) is 6.42. The summed E-state index contributed by atoms with van der Waals surface area (Å²) in [6.07, 6.45) is -1.95. The number of alkyl halides is 3. The summed E-state index contributed by atoms with van der Waals surface area (Å²) in [5.74, 6) is -0.819. The van der Waals surface area contributed by atoms with Crippen molar-refractivity contribution in [2.24, 2.45) is 0 Å². The average Bonchev–Trinajstić information content (AvgIpc) is 3.24. The summed E-state index contributed by atoms with van der Waals surface area (Å²) in [4.78, 5) is 28.1. The van der Waals surface area contributed by atoms with Crippen LogP contribution in [0.4, 0.5) is 13.2 Å². The lowest BCUT2D eigenvalue weighted by atomic mass is 10.0. The fraction of sp³-hybridized carbons (Fsp3) is 0.500. The fourth-order valence-corrected chi connectivity index (χ4v) is 3.65. The maximum Gasteiger partial charge on any atom is 0.417 e. The van der Waals surface area contributed by atoms with E-state index >= 15 is 0 Å². The highest BCUT2D eigenvalue weighted by molar-refractivity contribution is 5.96. The highest BCUT2D eigenvalue weighted by Gasteiger charge is 2.36. The van der Waals surface area contributed by atoms with Crippen LogP contribution in [-0.4, -0.2) is 62.8 Å². The number of benzene rings is 1.